The number of aryl methyl sites for hydroxylation is 1. The van der Waals surface area contributed by atoms with Crippen molar-refractivity contribution in [3.8, 4) is 0 Å². The molecule has 1 aliphatic carbocycles. The summed E-state index contributed by atoms with van der Waals surface area (Å²) in [6.07, 6.45) is 7.50. The summed E-state index contributed by atoms with van der Waals surface area (Å²) in [4.78, 5) is 23.8. The number of rotatable bonds is 7. The first kappa shape index (κ1) is 22.3. The average Bonchev–Trinajstić information content (AvgIpc) is 2.81. The molecule has 1 aromatic heterocycles. The number of amides is 1. The van der Waals surface area contributed by atoms with Gasteiger partial charge in [-0.05, 0) is 75.6 Å². The molecule has 4 rings (SSSR count). The van der Waals surface area contributed by atoms with E-state index < -0.39 is 5.91 Å². The van der Waals surface area contributed by atoms with Gasteiger partial charge in [0.05, 0.1) is 11.8 Å². The highest BCUT2D eigenvalue weighted by Crippen LogP contribution is 2.28. The fourth-order valence-corrected chi connectivity index (χ4v) is 4.55. The van der Waals surface area contributed by atoms with Gasteiger partial charge < -0.3 is 26.4 Å². The highest BCUT2D eigenvalue weighted by Gasteiger charge is 2.23. The molecule has 2 aliphatic rings. The zero-order chi connectivity index (χ0) is 22.5. The molecule has 1 amide bonds. The van der Waals surface area contributed by atoms with Crippen LogP contribution in [0.3, 0.4) is 0 Å². The van der Waals surface area contributed by atoms with Gasteiger partial charge in [0.25, 0.3) is 5.91 Å². The maximum absolute atomic E-state index is 12.1. The van der Waals surface area contributed by atoms with Crippen LogP contribution in [0.1, 0.15) is 68.1 Å². The molecule has 0 atom stereocenters. The van der Waals surface area contributed by atoms with E-state index in [-0.39, 0.29) is 17.8 Å². The normalized spacial score (nSPS) is 21.2. The maximum Gasteiger partial charge on any atom is 0.271 e. The van der Waals surface area contributed by atoms with Crippen LogP contribution >= 0.6 is 0 Å². The van der Waals surface area contributed by atoms with Gasteiger partial charge in [-0.1, -0.05) is 6.92 Å². The lowest BCUT2D eigenvalue weighted by Crippen LogP contribution is -2.29. The third-order valence-corrected chi connectivity index (χ3v) is 6.43. The fraction of sp³-hybridized carbons (Fsp3) is 0.542. The quantitative estimate of drug-likeness (QED) is 0.522. The molecule has 1 aliphatic heterocycles. The molecule has 172 valence electrons. The van der Waals surface area contributed by atoms with E-state index in [9.17, 15) is 9.90 Å². The Morgan fingerprint density at radius 1 is 1.06 bits per heavy atom. The standard InChI is InChI=1S/C24H34N6O2/c1-2-20-23(26-17-8-12-19(31)13-9-17)29-24(21(28-20)22(25)32)27-16-6-10-18(11-7-16)30-14-4-3-5-15-30/h6-7,10-11,17,19,31H,2-5,8-9,12-15H2,1H3,(H2,25,32)(H2,26,27,29). The molecule has 1 aromatic carbocycles. The molecule has 5 N–H and O–H groups in total. The molecule has 8 nitrogen and oxygen atoms in total. The molecule has 2 fully saturated rings. The Kier molecular flexibility index (Phi) is 7.09. The number of carbonyl (C=O) groups is 1. The minimum atomic E-state index is -0.605. The second kappa shape index (κ2) is 10.2. The Morgan fingerprint density at radius 3 is 2.38 bits per heavy atom. The predicted molar refractivity (Wildman–Crippen MR) is 128 cm³/mol. The molecule has 32 heavy (non-hydrogen) atoms. The summed E-state index contributed by atoms with van der Waals surface area (Å²) in [5.41, 5.74) is 8.53. The summed E-state index contributed by atoms with van der Waals surface area (Å²) in [5, 5.41) is 16.5. The van der Waals surface area contributed by atoms with Gasteiger partial charge in [0.15, 0.2) is 11.5 Å². The van der Waals surface area contributed by atoms with Crippen molar-refractivity contribution >= 4 is 28.9 Å². The third kappa shape index (κ3) is 5.30. The highest BCUT2D eigenvalue weighted by atomic mass is 16.3. The van der Waals surface area contributed by atoms with Gasteiger partial charge in [-0.15, -0.1) is 0 Å². The number of carbonyl (C=O) groups excluding carboxylic acids is 1. The van der Waals surface area contributed by atoms with Crippen LogP contribution in [-0.2, 0) is 6.42 Å². The van der Waals surface area contributed by atoms with Gasteiger partial charge in [-0.3, -0.25) is 4.79 Å². The Balaban J connectivity index is 1.55. The topological polar surface area (TPSA) is 116 Å². The summed E-state index contributed by atoms with van der Waals surface area (Å²) >= 11 is 0. The van der Waals surface area contributed by atoms with E-state index in [0.29, 0.717) is 18.1 Å². The van der Waals surface area contributed by atoms with Gasteiger partial charge in [0.2, 0.25) is 0 Å². The number of nitrogens with one attached hydrogen (secondary N) is 2. The van der Waals surface area contributed by atoms with Crippen LogP contribution < -0.4 is 21.3 Å². The van der Waals surface area contributed by atoms with Crippen molar-refractivity contribution in [2.45, 2.75) is 70.4 Å². The average molecular weight is 439 g/mol. The summed E-state index contributed by atoms with van der Waals surface area (Å²) < 4.78 is 0. The lowest BCUT2D eigenvalue weighted by Gasteiger charge is -2.29. The van der Waals surface area contributed by atoms with Gasteiger partial charge >= 0.3 is 0 Å². The number of hydrogen-bond acceptors (Lipinski definition) is 7. The van der Waals surface area contributed by atoms with Gasteiger partial charge in [-0.2, -0.15) is 0 Å². The predicted octanol–water partition coefficient (Wildman–Crippen LogP) is 3.59. The van der Waals surface area contributed by atoms with Crippen molar-refractivity contribution in [3.63, 3.8) is 0 Å². The van der Waals surface area contributed by atoms with E-state index in [0.717, 1.165) is 50.2 Å². The second-order valence-corrected chi connectivity index (χ2v) is 8.80. The van der Waals surface area contributed by atoms with Crippen LogP contribution in [0.2, 0.25) is 0 Å². The summed E-state index contributed by atoms with van der Waals surface area (Å²) in [5.74, 6) is 0.428. The molecule has 0 radical (unpaired) electrons. The number of primary amides is 1. The Bertz CT molecular complexity index is 919. The van der Waals surface area contributed by atoms with Crippen molar-refractivity contribution in [2.75, 3.05) is 28.6 Å². The summed E-state index contributed by atoms with van der Waals surface area (Å²) in [6.45, 7) is 4.17. The largest absolute Gasteiger partial charge is 0.393 e. The molecular formula is C24H34N6O2. The molecular weight excluding hydrogens is 404 g/mol. The first-order chi connectivity index (χ1) is 15.5. The number of aliphatic hydroxyl groups excluding tert-OH is 1. The Hall–Kier alpha value is -2.87. The van der Waals surface area contributed by atoms with E-state index in [1.54, 1.807) is 0 Å². The van der Waals surface area contributed by atoms with Crippen molar-refractivity contribution in [1.82, 2.24) is 9.97 Å². The van der Waals surface area contributed by atoms with Gasteiger partial charge in [0, 0.05) is 30.5 Å². The van der Waals surface area contributed by atoms with Crippen molar-refractivity contribution in [2.24, 2.45) is 5.73 Å². The van der Waals surface area contributed by atoms with Crippen LogP contribution in [-0.4, -0.2) is 46.2 Å². The smallest absolute Gasteiger partial charge is 0.271 e. The zero-order valence-corrected chi connectivity index (χ0v) is 18.8. The minimum absolute atomic E-state index is 0.145. The minimum Gasteiger partial charge on any atom is -0.393 e. The molecule has 1 saturated heterocycles. The Labute approximate surface area is 189 Å². The SMILES string of the molecule is CCc1nc(C(N)=O)c(Nc2ccc(N3CCCCC3)cc2)nc1NC1CCC(O)CC1. The molecule has 8 heteroatoms. The highest BCUT2D eigenvalue weighted by molar-refractivity contribution is 5.96. The fourth-order valence-electron chi connectivity index (χ4n) is 4.55. The van der Waals surface area contributed by atoms with Crippen molar-refractivity contribution in [3.05, 3.63) is 35.7 Å². The van der Waals surface area contributed by atoms with Crippen LogP contribution in [0.15, 0.2) is 24.3 Å². The van der Waals surface area contributed by atoms with Crippen LogP contribution in [0.5, 0.6) is 0 Å². The van der Waals surface area contributed by atoms with Crippen LogP contribution in [0.4, 0.5) is 23.0 Å². The lowest BCUT2D eigenvalue weighted by molar-refractivity contribution is 0.0996. The van der Waals surface area contributed by atoms with E-state index >= 15 is 0 Å². The number of hydrogen-bond donors (Lipinski definition) is 4. The second-order valence-electron chi connectivity index (χ2n) is 8.80. The lowest BCUT2D eigenvalue weighted by atomic mass is 9.93. The number of nitrogens with two attached hydrogens (primary N) is 1. The molecule has 0 bridgehead atoms. The first-order valence-corrected chi connectivity index (χ1v) is 11.8. The monoisotopic (exact) mass is 438 g/mol. The molecule has 1 saturated carbocycles. The molecule has 2 heterocycles. The van der Waals surface area contributed by atoms with E-state index in [4.69, 9.17) is 10.7 Å². The number of piperidine rings is 1. The number of nitrogens with zero attached hydrogens (tertiary/aromatic N) is 3. The number of benzene rings is 1. The summed E-state index contributed by atoms with van der Waals surface area (Å²) in [6, 6.07) is 8.42. The molecule has 0 unspecified atom stereocenters. The van der Waals surface area contributed by atoms with Gasteiger partial charge in [-0.25, -0.2) is 9.97 Å². The number of anilines is 4. The summed E-state index contributed by atoms with van der Waals surface area (Å²) in [7, 11) is 0. The first-order valence-electron chi connectivity index (χ1n) is 11.8. The van der Waals surface area contributed by atoms with Crippen LogP contribution in [0, 0.1) is 0 Å². The molecule has 2 aromatic rings. The van der Waals surface area contributed by atoms with Gasteiger partial charge in [0.1, 0.15) is 5.82 Å². The zero-order valence-electron chi connectivity index (χ0n) is 18.8. The Morgan fingerprint density at radius 2 is 1.75 bits per heavy atom. The van der Waals surface area contributed by atoms with E-state index in [1.807, 2.05) is 19.1 Å². The van der Waals surface area contributed by atoms with E-state index in [2.05, 4.69) is 32.7 Å². The number of aromatic nitrogens is 2. The third-order valence-electron chi connectivity index (χ3n) is 6.43. The van der Waals surface area contributed by atoms with E-state index in [1.165, 1.54) is 24.9 Å². The van der Waals surface area contributed by atoms with Crippen LogP contribution in [0.25, 0.3) is 0 Å². The maximum atomic E-state index is 12.1. The molecule has 0 spiro atoms. The van der Waals surface area contributed by atoms with Crippen molar-refractivity contribution < 1.29 is 9.90 Å². The number of aliphatic hydroxyl groups is 1. The van der Waals surface area contributed by atoms with Crippen molar-refractivity contribution in [1.29, 1.82) is 0 Å².